The quantitative estimate of drug-likeness (QED) is 0.414. The van der Waals surface area contributed by atoms with Crippen LogP contribution in [0, 0.1) is 0 Å². The van der Waals surface area contributed by atoms with E-state index >= 15 is 0 Å². The lowest BCUT2D eigenvalue weighted by Gasteiger charge is -2.37. The van der Waals surface area contributed by atoms with Gasteiger partial charge >= 0.3 is 0 Å². The Balaban J connectivity index is 0.00000243. The van der Waals surface area contributed by atoms with E-state index in [0.717, 1.165) is 50.2 Å². The zero-order valence-corrected chi connectivity index (χ0v) is 17.7. The number of rotatable bonds is 5. The molecule has 3 rings (SSSR count). The highest BCUT2D eigenvalue weighted by Crippen LogP contribution is 2.22. The third-order valence-electron chi connectivity index (χ3n) is 4.30. The summed E-state index contributed by atoms with van der Waals surface area (Å²) < 4.78 is 10.7. The Bertz CT molecular complexity index is 683. The van der Waals surface area contributed by atoms with E-state index in [0.29, 0.717) is 6.54 Å². The molecule has 26 heavy (non-hydrogen) atoms. The van der Waals surface area contributed by atoms with Crippen LogP contribution < -0.4 is 15.0 Å². The van der Waals surface area contributed by atoms with Gasteiger partial charge < -0.3 is 24.3 Å². The number of ether oxygens (including phenoxy) is 1. The molecule has 0 atom stereocenters. The first-order chi connectivity index (χ1) is 12.3. The van der Waals surface area contributed by atoms with E-state index in [9.17, 15) is 0 Å². The summed E-state index contributed by atoms with van der Waals surface area (Å²) in [4.78, 5) is 9.40. The van der Waals surface area contributed by atoms with Gasteiger partial charge in [-0.2, -0.15) is 0 Å². The first-order valence-corrected chi connectivity index (χ1v) is 8.75. The zero-order valence-electron chi connectivity index (χ0n) is 15.4. The number of piperazine rings is 1. The molecule has 0 spiro atoms. The molecule has 0 unspecified atom stereocenters. The first kappa shape index (κ1) is 20.4. The van der Waals surface area contributed by atoms with Crippen molar-refractivity contribution in [2.45, 2.75) is 13.5 Å². The summed E-state index contributed by atoms with van der Waals surface area (Å²) in [5.41, 5.74) is 1.21. The van der Waals surface area contributed by atoms with E-state index in [1.54, 1.807) is 13.4 Å². The van der Waals surface area contributed by atoms with Gasteiger partial charge in [0.05, 0.1) is 13.4 Å². The highest BCUT2D eigenvalue weighted by molar-refractivity contribution is 14.0. The zero-order chi connectivity index (χ0) is 17.5. The van der Waals surface area contributed by atoms with Gasteiger partial charge in [-0.15, -0.1) is 24.0 Å². The fraction of sp³-hybridized carbons (Fsp3) is 0.421. The van der Waals surface area contributed by atoms with Gasteiger partial charge in [0.15, 0.2) is 5.96 Å². The van der Waals surface area contributed by atoms with Gasteiger partial charge in [-0.05, 0) is 31.2 Å². The van der Waals surface area contributed by atoms with Crippen molar-refractivity contribution in [3.05, 3.63) is 48.4 Å². The van der Waals surface area contributed by atoms with E-state index in [2.05, 4.69) is 34.2 Å². The Morgan fingerprint density at radius 3 is 2.65 bits per heavy atom. The van der Waals surface area contributed by atoms with Crippen LogP contribution in [-0.4, -0.2) is 50.7 Å². The Morgan fingerprint density at radius 2 is 2.00 bits per heavy atom. The van der Waals surface area contributed by atoms with Gasteiger partial charge in [-0.3, -0.25) is 0 Å². The SMILES string of the molecule is CCNC(=NCc1ccco1)N1CCN(c2cccc(OC)c2)CC1.I. The highest BCUT2D eigenvalue weighted by atomic mass is 127. The van der Waals surface area contributed by atoms with Crippen molar-refractivity contribution in [3.8, 4) is 5.75 Å². The highest BCUT2D eigenvalue weighted by Gasteiger charge is 2.20. The normalized spacial score (nSPS) is 14.8. The molecule has 1 fully saturated rings. The number of halogens is 1. The largest absolute Gasteiger partial charge is 0.497 e. The van der Waals surface area contributed by atoms with Gasteiger partial charge in [-0.25, -0.2) is 4.99 Å². The van der Waals surface area contributed by atoms with E-state index in [-0.39, 0.29) is 24.0 Å². The smallest absolute Gasteiger partial charge is 0.194 e. The molecule has 0 aliphatic carbocycles. The molecule has 1 aliphatic rings. The van der Waals surface area contributed by atoms with Crippen LogP contribution >= 0.6 is 24.0 Å². The topological polar surface area (TPSA) is 53.2 Å². The third kappa shape index (κ3) is 5.30. The summed E-state index contributed by atoms with van der Waals surface area (Å²) in [6, 6.07) is 12.1. The van der Waals surface area contributed by atoms with Crippen molar-refractivity contribution in [3.63, 3.8) is 0 Å². The fourth-order valence-corrected chi connectivity index (χ4v) is 2.96. The van der Waals surface area contributed by atoms with Gasteiger partial charge in [0.25, 0.3) is 0 Å². The van der Waals surface area contributed by atoms with Crippen molar-refractivity contribution < 1.29 is 9.15 Å². The van der Waals surface area contributed by atoms with Crippen molar-refractivity contribution in [1.82, 2.24) is 10.2 Å². The van der Waals surface area contributed by atoms with Crippen LogP contribution in [0.4, 0.5) is 5.69 Å². The maximum absolute atomic E-state index is 5.37. The summed E-state index contributed by atoms with van der Waals surface area (Å²) in [5, 5.41) is 3.38. The van der Waals surface area contributed by atoms with Crippen LogP contribution in [-0.2, 0) is 6.54 Å². The molecule has 1 aliphatic heterocycles. The maximum Gasteiger partial charge on any atom is 0.194 e. The molecule has 6 nitrogen and oxygen atoms in total. The first-order valence-electron chi connectivity index (χ1n) is 8.75. The van der Waals surface area contributed by atoms with Gasteiger partial charge in [-0.1, -0.05) is 6.07 Å². The number of hydrogen-bond donors (Lipinski definition) is 1. The predicted molar refractivity (Wildman–Crippen MR) is 116 cm³/mol. The number of hydrogen-bond acceptors (Lipinski definition) is 4. The third-order valence-corrected chi connectivity index (χ3v) is 4.30. The number of aliphatic imine (C=N–C) groups is 1. The number of guanidine groups is 1. The standard InChI is InChI=1S/C19H26N4O2.HI/c1-3-20-19(21-15-18-8-5-13-25-18)23-11-9-22(10-12-23)16-6-4-7-17(14-16)24-2;/h4-8,13-14H,3,9-12,15H2,1-2H3,(H,20,21);1H. The van der Waals surface area contributed by atoms with E-state index in [4.69, 9.17) is 14.1 Å². The number of anilines is 1. The van der Waals surface area contributed by atoms with Crippen LogP contribution in [0.25, 0.3) is 0 Å². The Kier molecular flexibility index (Phi) is 8.08. The molecule has 0 bridgehead atoms. The minimum absolute atomic E-state index is 0. The average molecular weight is 470 g/mol. The van der Waals surface area contributed by atoms with Crippen molar-refractivity contribution in [2.75, 3.05) is 44.7 Å². The van der Waals surface area contributed by atoms with Crippen LogP contribution in [0.3, 0.4) is 0 Å². The molecule has 0 amide bonds. The molecule has 1 aromatic carbocycles. The second-order valence-electron chi connectivity index (χ2n) is 5.93. The van der Waals surface area contributed by atoms with Crippen molar-refractivity contribution in [1.29, 1.82) is 0 Å². The second-order valence-corrected chi connectivity index (χ2v) is 5.93. The lowest BCUT2D eigenvalue weighted by Crippen LogP contribution is -2.52. The van der Waals surface area contributed by atoms with Crippen LogP contribution in [0.2, 0.25) is 0 Å². The van der Waals surface area contributed by atoms with Crippen molar-refractivity contribution >= 4 is 35.6 Å². The number of furan rings is 1. The maximum atomic E-state index is 5.37. The number of nitrogens with zero attached hydrogens (tertiary/aromatic N) is 3. The molecule has 2 aromatic rings. The monoisotopic (exact) mass is 470 g/mol. The molecular formula is C19H27IN4O2. The summed E-state index contributed by atoms with van der Waals surface area (Å²) in [6.45, 7) is 7.28. The van der Waals surface area contributed by atoms with Crippen LogP contribution in [0.15, 0.2) is 52.1 Å². The molecule has 1 aromatic heterocycles. The molecule has 2 heterocycles. The lowest BCUT2D eigenvalue weighted by molar-refractivity contribution is 0.371. The summed E-state index contributed by atoms with van der Waals surface area (Å²) >= 11 is 0. The molecule has 0 saturated carbocycles. The molecule has 142 valence electrons. The van der Waals surface area contributed by atoms with Crippen LogP contribution in [0.1, 0.15) is 12.7 Å². The fourth-order valence-electron chi connectivity index (χ4n) is 2.96. The molecule has 0 radical (unpaired) electrons. The van der Waals surface area contributed by atoms with Gasteiger partial charge in [0.2, 0.25) is 0 Å². The van der Waals surface area contributed by atoms with Crippen LogP contribution in [0.5, 0.6) is 5.75 Å². The Labute approximate surface area is 172 Å². The lowest BCUT2D eigenvalue weighted by atomic mass is 10.2. The molecule has 1 saturated heterocycles. The van der Waals surface area contributed by atoms with E-state index in [1.807, 2.05) is 24.3 Å². The summed E-state index contributed by atoms with van der Waals surface area (Å²) in [6.07, 6.45) is 1.69. The average Bonchev–Trinajstić information content (AvgIpc) is 3.19. The Morgan fingerprint density at radius 1 is 1.19 bits per heavy atom. The second kappa shape index (κ2) is 10.3. The van der Waals surface area contributed by atoms with Gasteiger partial charge in [0, 0.05) is 44.5 Å². The minimum Gasteiger partial charge on any atom is -0.497 e. The van der Waals surface area contributed by atoms with Crippen molar-refractivity contribution in [2.24, 2.45) is 4.99 Å². The minimum atomic E-state index is 0. The molecule has 7 heteroatoms. The summed E-state index contributed by atoms with van der Waals surface area (Å²) in [5.74, 6) is 2.72. The molecule has 1 N–H and O–H groups in total. The number of benzene rings is 1. The summed E-state index contributed by atoms with van der Waals surface area (Å²) in [7, 11) is 1.70. The molecular weight excluding hydrogens is 443 g/mol. The van der Waals surface area contributed by atoms with Gasteiger partial charge in [0.1, 0.15) is 18.1 Å². The predicted octanol–water partition coefficient (Wildman–Crippen LogP) is 3.19. The van der Waals surface area contributed by atoms with E-state index in [1.165, 1.54) is 5.69 Å². The Hall–Kier alpha value is -1.90. The number of nitrogens with one attached hydrogen (secondary N) is 1. The van der Waals surface area contributed by atoms with E-state index < -0.39 is 0 Å². The number of methoxy groups -OCH3 is 1.